The summed E-state index contributed by atoms with van der Waals surface area (Å²) in [5.74, 6) is 0. The maximum Gasteiger partial charge on any atom is 0.0234 e. The summed E-state index contributed by atoms with van der Waals surface area (Å²) in [5.41, 5.74) is 7.21. The van der Waals surface area contributed by atoms with Gasteiger partial charge in [-0.2, -0.15) is 0 Å². The molecular formula is C16H27N3. The Morgan fingerprint density at radius 3 is 2.32 bits per heavy atom. The highest BCUT2D eigenvalue weighted by molar-refractivity contribution is 5.14. The summed E-state index contributed by atoms with van der Waals surface area (Å²) >= 11 is 0. The Bertz CT molecular complexity index is 342. The molecule has 3 nitrogen and oxygen atoms in total. The van der Waals surface area contributed by atoms with Crippen molar-refractivity contribution in [3.63, 3.8) is 0 Å². The van der Waals surface area contributed by atoms with Crippen molar-refractivity contribution in [1.82, 2.24) is 9.80 Å². The SMILES string of the molecule is CC(N)CCCN1CCN(Cc2ccccc2)CC1. The van der Waals surface area contributed by atoms with E-state index in [0.717, 1.165) is 13.0 Å². The lowest BCUT2D eigenvalue weighted by Crippen LogP contribution is -2.46. The molecule has 19 heavy (non-hydrogen) atoms. The number of hydrogen-bond acceptors (Lipinski definition) is 3. The molecule has 3 heteroatoms. The van der Waals surface area contributed by atoms with Gasteiger partial charge in [-0.25, -0.2) is 0 Å². The van der Waals surface area contributed by atoms with E-state index in [4.69, 9.17) is 5.73 Å². The number of hydrogen-bond donors (Lipinski definition) is 1. The first-order valence-electron chi connectivity index (χ1n) is 7.48. The van der Waals surface area contributed by atoms with Gasteiger partial charge in [0.05, 0.1) is 0 Å². The van der Waals surface area contributed by atoms with Crippen LogP contribution in [0.3, 0.4) is 0 Å². The van der Waals surface area contributed by atoms with E-state index in [1.807, 2.05) is 0 Å². The van der Waals surface area contributed by atoms with E-state index in [-0.39, 0.29) is 0 Å². The highest BCUT2D eigenvalue weighted by atomic mass is 15.3. The number of nitrogens with two attached hydrogens (primary N) is 1. The van der Waals surface area contributed by atoms with Gasteiger partial charge in [-0.3, -0.25) is 4.90 Å². The number of benzene rings is 1. The average Bonchev–Trinajstić information content (AvgIpc) is 2.42. The molecule has 106 valence electrons. The van der Waals surface area contributed by atoms with Gasteiger partial charge in [0.1, 0.15) is 0 Å². The van der Waals surface area contributed by atoms with Gasteiger partial charge < -0.3 is 10.6 Å². The second-order valence-corrected chi connectivity index (χ2v) is 5.72. The van der Waals surface area contributed by atoms with Crippen LogP contribution < -0.4 is 5.73 Å². The zero-order valence-corrected chi connectivity index (χ0v) is 12.1. The lowest BCUT2D eigenvalue weighted by atomic mass is 10.1. The van der Waals surface area contributed by atoms with Gasteiger partial charge in [0.2, 0.25) is 0 Å². The van der Waals surface area contributed by atoms with Crippen molar-refractivity contribution < 1.29 is 0 Å². The molecule has 0 bridgehead atoms. The Hall–Kier alpha value is -0.900. The molecule has 1 unspecified atom stereocenters. The normalized spacial score (nSPS) is 19.5. The first-order chi connectivity index (χ1) is 9.24. The van der Waals surface area contributed by atoms with Crippen LogP contribution in [-0.4, -0.2) is 48.6 Å². The molecule has 1 fully saturated rings. The van der Waals surface area contributed by atoms with Gasteiger partial charge in [0, 0.05) is 38.8 Å². The topological polar surface area (TPSA) is 32.5 Å². The number of rotatable bonds is 6. The summed E-state index contributed by atoms with van der Waals surface area (Å²) in [7, 11) is 0. The van der Waals surface area contributed by atoms with E-state index in [2.05, 4.69) is 47.1 Å². The van der Waals surface area contributed by atoms with Crippen molar-refractivity contribution in [3.8, 4) is 0 Å². The molecule has 1 aliphatic rings. The molecular weight excluding hydrogens is 234 g/mol. The monoisotopic (exact) mass is 261 g/mol. The second-order valence-electron chi connectivity index (χ2n) is 5.72. The molecule has 0 spiro atoms. The third kappa shape index (κ3) is 5.31. The van der Waals surface area contributed by atoms with Gasteiger partial charge in [0.25, 0.3) is 0 Å². The van der Waals surface area contributed by atoms with Crippen LogP contribution in [0, 0.1) is 0 Å². The minimum Gasteiger partial charge on any atom is -0.328 e. The fourth-order valence-corrected chi connectivity index (χ4v) is 2.65. The van der Waals surface area contributed by atoms with Crippen LogP contribution >= 0.6 is 0 Å². The van der Waals surface area contributed by atoms with Crippen molar-refractivity contribution >= 4 is 0 Å². The predicted octanol–water partition coefficient (Wildman–Crippen LogP) is 1.93. The van der Waals surface area contributed by atoms with Crippen LogP contribution in [0.4, 0.5) is 0 Å². The number of piperazine rings is 1. The summed E-state index contributed by atoms with van der Waals surface area (Å²) in [5, 5.41) is 0. The van der Waals surface area contributed by atoms with Gasteiger partial charge in [0.15, 0.2) is 0 Å². The van der Waals surface area contributed by atoms with Crippen LogP contribution in [0.2, 0.25) is 0 Å². The molecule has 1 atom stereocenters. The summed E-state index contributed by atoms with van der Waals surface area (Å²) in [6.07, 6.45) is 2.38. The molecule has 0 aromatic heterocycles. The van der Waals surface area contributed by atoms with Crippen LogP contribution in [-0.2, 0) is 6.54 Å². The minimum atomic E-state index is 0.347. The molecule has 0 aliphatic carbocycles. The first-order valence-corrected chi connectivity index (χ1v) is 7.48. The molecule has 1 aromatic rings. The zero-order valence-electron chi connectivity index (χ0n) is 12.1. The molecule has 1 aromatic carbocycles. The summed E-state index contributed by atoms with van der Waals surface area (Å²) < 4.78 is 0. The van der Waals surface area contributed by atoms with E-state index >= 15 is 0 Å². The largest absolute Gasteiger partial charge is 0.328 e. The van der Waals surface area contributed by atoms with Gasteiger partial charge >= 0.3 is 0 Å². The van der Waals surface area contributed by atoms with Gasteiger partial charge in [-0.15, -0.1) is 0 Å². The van der Waals surface area contributed by atoms with E-state index in [9.17, 15) is 0 Å². The molecule has 0 radical (unpaired) electrons. The Morgan fingerprint density at radius 1 is 1.05 bits per heavy atom. The van der Waals surface area contributed by atoms with E-state index < -0.39 is 0 Å². The Kier molecular flexibility index (Phi) is 5.83. The van der Waals surface area contributed by atoms with Gasteiger partial charge in [-0.1, -0.05) is 30.3 Å². The Morgan fingerprint density at radius 2 is 1.68 bits per heavy atom. The van der Waals surface area contributed by atoms with Crippen LogP contribution in [0.5, 0.6) is 0 Å². The maximum absolute atomic E-state index is 5.79. The first kappa shape index (κ1) is 14.5. The zero-order chi connectivity index (χ0) is 13.5. The fourth-order valence-electron chi connectivity index (χ4n) is 2.65. The molecule has 2 N–H and O–H groups in total. The van der Waals surface area contributed by atoms with Crippen molar-refractivity contribution in [2.45, 2.75) is 32.4 Å². The van der Waals surface area contributed by atoms with Crippen LogP contribution in [0.1, 0.15) is 25.3 Å². The third-order valence-electron chi connectivity index (χ3n) is 3.85. The summed E-state index contributed by atoms with van der Waals surface area (Å²) in [6, 6.07) is 11.1. The Balaban J connectivity index is 1.65. The van der Waals surface area contributed by atoms with Crippen molar-refractivity contribution in [2.75, 3.05) is 32.7 Å². The highest BCUT2D eigenvalue weighted by Crippen LogP contribution is 2.09. The molecule has 1 aliphatic heterocycles. The third-order valence-corrected chi connectivity index (χ3v) is 3.85. The quantitative estimate of drug-likeness (QED) is 0.849. The molecule has 2 rings (SSSR count). The average molecular weight is 261 g/mol. The van der Waals surface area contributed by atoms with E-state index in [1.165, 1.54) is 44.7 Å². The maximum atomic E-state index is 5.79. The molecule has 0 saturated carbocycles. The number of nitrogens with zero attached hydrogens (tertiary/aromatic N) is 2. The molecule has 1 saturated heterocycles. The fraction of sp³-hybridized carbons (Fsp3) is 0.625. The summed E-state index contributed by atoms with van der Waals surface area (Å²) in [6.45, 7) is 9.17. The predicted molar refractivity (Wildman–Crippen MR) is 81.0 cm³/mol. The van der Waals surface area contributed by atoms with E-state index in [1.54, 1.807) is 0 Å². The van der Waals surface area contributed by atoms with Crippen LogP contribution in [0.15, 0.2) is 30.3 Å². The Labute approximate surface area is 117 Å². The summed E-state index contributed by atoms with van der Waals surface area (Å²) in [4.78, 5) is 5.13. The van der Waals surface area contributed by atoms with Crippen molar-refractivity contribution in [2.24, 2.45) is 5.73 Å². The van der Waals surface area contributed by atoms with Crippen LogP contribution in [0.25, 0.3) is 0 Å². The lowest BCUT2D eigenvalue weighted by Gasteiger charge is -2.34. The van der Waals surface area contributed by atoms with Crippen molar-refractivity contribution in [3.05, 3.63) is 35.9 Å². The molecule has 1 heterocycles. The lowest BCUT2D eigenvalue weighted by molar-refractivity contribution is 0.125. The standard InChI is InChI=1S/C16H27N3/c1-15(17)6-5-9-18-10-12-19(13-11-18)14-16-7-3-2-4-8-16/h2-4,7-8,15H,5-6,9-14,17H2,1H3. The minimum absolute atomic E-state index is 0.347. The van der Waals surface area contributed by atoms with E-state index in [0.29, 0.717) is 6.04 Å². The van der Waals surface area contributed by atoms with Crippen molar-refractivity contribution in [1.29, 1.82) is 0 Å². The smallest absolute Gasteiger partial charge is 0.0234 e. The van der Waals surface area contributed by atoms with Gasteiger partial charge in [-0.05, 0) is 31.9 Å². The molecule has 0 amide bonds. The highest BCUT2D eigenvalue weighted by Gasteiger charge is 2.16. The second kappa shape index (κ2) is 7.63.